The van der Waals surface area contributed by atoms with Crippen LogP contribution in [0.15, 0.2) is 18.5 Å². The molecule has 1 aliphatic heterocycles. The lowest BCUT2D eigenvalue weighted by molar-refractivity contribution is -0.150. The topological polar surface area (TPSA) is 60.9 Å². The molecule has 0 amide bonds. The highest BCUT2D eigenvalue weighted by Crippen LogP contribution is 2.56. The van der Waals surface area contributed by atoms with Gasteiger partial charge in [-0.1, -0.05) is 19.8 Å². The van der Waals surface area contributed by atoms with Gasteiger partial charge in [-0.2, -0.15) is 0 Å². The number of morpholine rings is 1. The van der Waals surface area contributed by atoms with Crippen LogP contribution in [0.1, 0.15) is 52.9 Å². The summed E-state index contributed by atoms with van der Waals surface area (Å²) >= 11 is 0. The molecule has 0 bridgehead atoms. The van der Waals surface area contributed by atoms with Crippen molar-refractivity contribution in [2.45, 2.75) is 59.0 Å². The molecule has 2 unspecified atom stereocenters. The van der Waals surface area contributed by atoms with E-state index in [0.717, 1.165) is 43.5 Å². The maximum atomic E-state index is 12.3. The Kier molecular flexibility index (Phi) is 6.51. The number of ether oxygens (including phenoxy) is 3. The number of hydrogen-bond donors (Lipinski definition) is 0. The Morgan fingerprint density at radius 2 is 2.10 bits per heavy atom. The summed E-state index contributed by atoms with van der Waals surface area (Å²) in [5, 5.41) is 0. The van der Waals surface area contributed by atoms with Crippen molar-refractivity contribution in [1.29, 1.82) is 0 Å². The Balaban J connectivity index is 1.33. The van der Waals surface area contributed by atoms with Gasteiger partial charge in [-0.05, 0) is 44.9 Å². The molecule has 4 rings (SSSR count). The highest BCUT2D eigenvalue weighted by molar-refractivity contribution is 5.80. The Bertz CT molecular complexity index is 734. The number of hydrogen-bond acceptors (Lipinski definition) is 6. The average molecular weight is 417 g/mol. The maximum absolute atomic E-state index is 12.3. The number of rotatable bonds is 7. The quantitative estimate of drug-likeness (QED) is 0.624. The zero-order valence-corrected chi connectivity index (χ0v) is 18.6. The number of esters is 1. The van der Waals surface area contributed by atoms with Crippen LogP contribution >= 0.6 is 0 Å². The van der Waals surface area contributed by atoms with Crippen molar-refractivity contribution in [2.24, 2.45) is 23.2 Å². The highest BCUT2D eigenvalue weighted by Gasteiger charge is 2.61. The molecular formula is C24H36N2O4. The molecule has 0 radical (unpaired) electrons. The van der Waals surface area contributed by atoms with Gasteiger partial charge in [0, 0.05) is 25.1 Å². The van der Waals surface area contributed by atoms with Crippen molar-refractivity contribution in [3.8, 4) is 5.75 Å². The van der Waals surface area contributed by atoms with Crippen LogP contribution < -0.4 is 9.64 Å². The number of anilines is 1. The smallest absolute Gasteiger partial charge is 0.312 e. The summed E-state index contributed by atoms with van der Waals surface area (Å²) in [7, 11) is 0. The molecule has 6 heteroatoms. The molecule has 2 heterocycles. The van der Waals surface area contributed by atoms with Crippen LogP contribution in [0.2, 0.25) is 0 Å². The second-order valence-corrected chi connectivity index (χ2v) is 9.62. The number of aromatic nitrogens is 1. The van der Waals surface area contributed by atoms with Crippen molar-refractivity contribution in [2.75, 3.05) is 37.8 Å². The van der Waals surface area contributed by atoms with Crippen molar-refractivity contribution >= 4 is 11.7 Å². The van der Waals surface area contributed by atoms with E-state index in [1.807, 2.05) is 26.2 Å². The van der Waals surface area contributed by atoms with Crippen LogP contribution in [0.25, 0.3) is 0 Å². The van der Waals surface area contributed by atoms with E-state index in [1.54, 1.807) is 0 Å². The first-order valence-corrected chi connectivity index (χ1v) is 11.6. The molecule has 3 aliphatic rings. The number of carbonyl (C=O) groups excluding carboxylic acids is 1. The van der Waals surface area contributed by atoms with Gasteiger partial charge in [0.05, 0.1) is 49.4 Å². The molecule has 1 aromatic heterocycles. The predicted molar refractivity (Wildman–Crippen MR) is 116 cm³/mol. The zero-order valence-electron chi connectivity index (χ0n) is 18.6. The van der Waals surface area contributed by atoms with Crippen molar-refractivity contribution < 1.29 is 19.0 Å². The third-order valence-corrected chi connectivity index (χ3v) is 7.27. The first-order chi connectivity index (χ1) is 14.5. The molecular weight excluding hydrogens is 380 g/mol. The summed E-state index contributed by atoms with van der Waals surface area (Å²) in [4.78, 5) is 19.0. The molecule has 0 spiro atoms. The molecule has 0 N–H and O–H groups in total. The summed E-state index contributed by atoms with van der Waals surface area (Å²) in [5.41, 5.74) is 0.668. The van der Waals surface area contributed by atoms with Crippen LogP contribution in [0, 0.1) is 23.2 Å². The van der Waals surface area contributed by atoms with E-state index in [1.165, 1.54) is 25.7 Å². The van der Waals surface area contributed by atoms with Gasteiger partial charge in [0.25, 0.3) is 0 Å². The maximum Gasteiger partial charge on any atom is 0.312 e. The predicted octanol–water partition coefficient (Wildman–Crippen LogP) is 4.08. The van der Waals surface area contributed by atoms with Gasteiger partial charge in [0.1, 0.15) is 5.75 Å². The van der Waals surface area contributed by atoms with Gasteiger partial charge < -0.3 is 19.1 Å². The number of pyridine rings is 1. The van der Waals surface area contributed by atoms with Crippen LogP contribution in [0.5, 0.6) is 5.75 Å². The Labute approximate surface area is 180 Å². The highest BCUT2D eigenvalue weighted by atomic mass is 16.5. The van der Waals surface area contributed by atoms with Crippen molar-refractivity contribution in [1.82, 2.24) is 4.98 Å². The molecule has 3 atom stereocenters. The summed E-state index contributed by atoms with van der Waals surface area (Å²) < 4.78 is 17.4. The fourth-order valence-corrected chi connectivity index (χ4v) is 4.99. The Morgan fingerprint density at radius 1 is 1.30 bits per heavy atom. The molecule has 6 nitrogen and oxygen atoms in total. The van der Waals surface area contributed by atoms with Crippen LogP contribution in [-0.4, -0.2) is 50.0 Å². The fourth-order valence-electron chi connectivity index (χ4n) is 4.99. The molecule has 2 aliphatic carbocycles. The SMILES string of the molecule is CCOC(=O)C1(C)CC1[C@H]1CN(c2cncc(OC[C@H]3CC[C@H](C)CC3)c2)CCO1. The third-order valence-electron chi connectivity index (χ3n) is 7.27. The van der Waals surface area contributed by atoms with Gasteiger partial charge in [0.2, 0.25) is 0 Å². The molecule has 2 saturated carbocycles. The Hall–Kier alpha value is -1.82. The van der Waals surface area contributed by atoms with Gasteiger partial charge in [-0.15, -0.1) is 0 Å². The van der Waals surface area contributed by atoms with E-state index in [9.17, 15) is 4.79 Å². The molecule has 1 aromatic rings. The lowest BCUT2D eigenvalue weighted by atomic mass is 9.83. The minimum atomic E-state index is -0.398. The van der Waals surface area contributed by atoms with Crippen molar-refractivity contribution in [3.05, 3.63) is 18.5 Å². The zero-order chi connectivity index (χ0) is 21.1. The van der Waals surface area contributed by atoms with Crippen molar-refractivity contribution in [3.63, 3.8) is 0 Å². The second-order valence-electron chi connectivity index (χ2n) is 9.62. The van der Waals surface area contributed by atoms with Crippen LogP contribution in [0.3, 0.4) is 0 Å². The van der Waals surface area contributed by atoms with Crippen LogP contribution in [0.4, 0.5) is 5.69 Å². The largest absolute Gasteiger partial charge is 0.492 e. The van der Waals surface area contributed by atoms with Gasteiger partial charge in [0.15, 0.2) is 0 Å². The van der Waals surface area contributed by atoms with E-state index >= 15 is 0 Å². The van der Waals surface area contributed by atoms with Crippen LogP contribution in [-0.2, 0) is 14.3 Å². The minimum Gasteiger partial charge on any atom is -0.492 e. The normalized spacial score (nSPS) is 33.8. The molecule has 166 valence electrons. The second kappa shape index (κ2) is 9.13. The van der Waals surface area contributed by atoms with E-state index in [0.29, 0.717) is 19.1 Å². The summed E-state index contributed by atoms with van der Waals surface area (Å²) in [6.45, 7) is 9.66. The fraction of sp³-hybridized carbons (Fsp3) is 0.750. The number of carbonyl (C=O) groups is 1. The minimum absolute atomic E-state index is 0.0435. The molecule has 1 saturated heterocycles. The number of nitrogens with zero attached hydrogens (tertiary/aromatic N) is 2. The van der Waals surface area contributed by atoms with E-state index in [4.69, 9.17) is 14.2 Å². The summed E-state index contributed by atoms with van der Waals surface area (Å²) in [6, 6.07) is 2.10. The first kappa shape index (κ1) is 21.4. The van der Waals surface area contributed by atoms with Gasteiger partial charge in [-0.25, -0.2) is 0 Å². The standard InChI is InChI=1S/C24H36N2O4/c1-4-28-23(27)24(3)12-21(24)22-15-26(9-10-29-22)19-11-20(14-25-13-19)30-16-18-7-5-17(2)6-8-18/h11,13-14,17-18,21-22H,4-10,12,15-16H2,1-3H3/t17-,18-,21?,22-,24?/m1/s1. The summed E-state index contributed by atoms with van der Waals surface area (Å²) in [5.74, 6) is 2.49. The van der Waals surface area contributed by atoms with E-state index < -0.39 is 5.41 Å². The average Bonchev–Trinajstić information content (AvgIpc) is 3.47. The molecule has 0 aromatic carbocycles. The first-order valence-electron chi connectivity index (χ1n) is 11.6. The summed E-state index contributed by atoms with van der Waals surface area (Å²) in [6.07, 6.45) is 9.75. The van der Waals surface area contributed by atoms with E-state index in [2.05, 4.69) is 22.9 Å². The Morgan fingerprint density at radius 3 is 2.87 bits per heavy atom. The van der Waals surface area contributed by atoms with E-state index in [-0.39, 0.29) is 18.0 Å². The molecule has 30 heavy (non-hydrogen) atoms. The van der Waals surface area contributed by atoms with Gasteiger partial charge in [-0.3, -0.25) is 9.78 Å². The monoisotopic (exact) mass is 416 g/mol. The van der Waals surface area contributed by atoms with Gasteiger partial charge >= 0.3 is 5.97 Å². The lowest BCUT2D eigenvalue weighted by Crippen LogP contribution is -2.44. The molecule has 3 fully saturated rings. The lowest BCUT2D eigenvalue weighted by Gasteiger charge is -2.35. The third kappa shape index (κ3) is 4.74.